The number of amides is 1. The third-order valence-corrected chi connectivity index (χ3v) is 3.16. The number of hydrogen-bond acceptors (Lipinski definition) is 4. The van der Waals surface area contributed by atoms with E-state index in [9.17, 15) is 13.2 Å². The molecule has 2 N–H and O–H groups in total. The average Bonchev–Trinajstić information content (AvgIpc) is 2.35. The van der Waals surface area contributed by atoms with Gasteiger partial charge >= 0.3 is 0 Å². The van der Waals surface area contributed by atoms with Gasteiger partial charge < -0.3 is 10.4 Å². The van der Waals surface area contributed by atoms with Gasteiger partial charge in [0.2, 0.25) is 0 Å². The van der Waals surface area contributed by atoms with Crippen molar-refractivity contribution in [3.63, 3.8) is 0 Å². The first-order chi connectivity index (χ1) is 8.92. The molecule has 0 spiro atoms. The summed E-state index contributed by atoms with van der Waals surface area (Å²) in [5, 5.41) is 11.1. The molecule has 0 aliphatic carbocycles. The molecule has 0 radical (unpaired) electrons. The summed E-state index contributed by atoms with van der Waals surface area (Å²) in [7, 11) is -3.08. The molecule has 0 atom stereocenters. The lowest BCUT2D eigenvalue weighted by Gasteiger charge is -2.04. The van der Waals surface area contributed by atoms with Crippen LogP contribution < -0.4 is 5.32 Å². The van der Waals surface area contributed by atoms with Gasteiger partial charge in [0.05, 0.1) is 5.75 Å². The SMILES string of the molecule is CS(=O)(=O)CCNC(=O)c1ccc(C#CCO)cc1. The van der Waals surface area contributed by atoms with E-state index >= 15 is 0 Å². The summed E-state index contributed by atoms with van der Waals surface area (Å²) < 4.78 is 21.8. The number of benzene rings is 1. The number of rotatable bonds is 4. The van der Waals surface area contributed by atoms with Crippen molar-refractivity contribution < 1.29 is 18.3 Å². The van der Waals surface area contributed by atoms with Crippen LogP contribution in [0.5, 0.6) is 0 Å². The van der Waals surface area contributed by atoms with Gasteiger partial charge in [0, 0.05) is 23.9 Å². The summed E-state index contributed by atoms with van der Waals surface area (Å²) >= 11 is 0. The molecule has 0 aromatic heterocycles. The van der Waals surface area contributed by atoms with E-state index in [2.05, 4.69) is 17.2 Å². The zero-order chi connectivity index (χ0) is 14.3. The average molecular weight is 281 g/mol. The third kappa shape index (κ3) is 6.04. The number of aliphatic hydroxyl groups excluding tert-OH is 1. The summed E-state index contributed by atoms with van der Waals surface area (Å²) in [5.41, 5.74) is 1.13. The molecular weight excluding hydrogens is 266 g/mol. The van der Waals surface area contributed by atoms with Gasteiger partial charge in [0.15, 0.2) is 0 Å². The van der Waals surface area contributed by atoms with Crippen LogP contribution in [0.1, 0.15) is 15.9 Å². The van der Waals surface area contributed by atoms with Crippen molar-refractivity contribution in [2.75, 3.05) is 25.2 Å². The van der Waals surface area contributed by atoms with Crippen molar-refractivity contribution in [1.82, 2.24) is 5.32 Å². The van der Waals surface area contributed by atoms with Crippen molar-refractivity contribution in [2.45, 2.75) is 0 Å². The Kier molecular flexibility index (Phi) is 5.55. The van der Waals surface area contributed by atoms with Crippen LogP contribution in [0.3, 0.4) is 0 Å². The highest BCUT2D eigenvalue weighted by Gasteiger charge is 2.06. The first-order valence-electron chi connectivity index (χ1n) is 5.58. The van der Waals surface area contributed by atoms with Gasteiger partial charge in [0.25, 0.3) is 5.91 Å². The lowest BCUT2D eigenvalue weighted by atomic mass is 10.1. The van der Waals surface area contributed by atoms with E-state index in [0.29, 0.717) is 11.1 Å². The van der Waals surface area contributed by atoms with E-state index in [1.807, 2.05) is 0 Å². The number of carbonyl (C=O) groups is 1. The standard InChI is InChI=1S/C13H15NO4S/c1-19(17,18)10-8-14-13(16)12-6-4-11(5-7-12)3-2-9-15/h4-7,15H,8-10H2,1H3,(H,14,16). The first kappa shape index (κ1) is 15.2. The van der Waals surface area contributed by atoms with Crippen LogP contribution in [0.25, 0.3) is 0 Å². The highest BCUT2D eigenvalue weighted by Crippen LogP contribution is 2.03. The largest absolute Gasteiger partial charge is 0.384 e. The molecule has 0 aliphatic rings. The Balaban J connectivity index is 2.58. The molecule has 0 heterocycles. The minimum atomic E-state index is -3.08. The maximum atomic E-state index is 11.7. The van der Waals surface area contributed by atoms with Gasteiger partial charge in [-0.3, -0.25) is 4.79 Å². The molecule has 19 heavy (non-hydrogen) atoms. The monoisotopic (exact) mass is 281 g/mol. The lowest BCUT2D eigenvalue weighted by Crippen LogP contribution is -2.28. The van der Waals surface area contributed by atoms with Gasteiger partial charge in [-0.1, -0.05) is 11.8 Å². The summed E-state index contributed by atoms with van der Waals surface area (Å²) in [6.07, 6.45) is 1.12. The minimum absolute atomic E-state index is 0.0845. The van der Waals surface area contributed by atoms with Gasteiger partial charge in [-0.15, -0.1) is 0 Å². The maximum absolute atomic E-state index is 11.7. The normalized spacial score (nSPS) is 10.4. The molecule has 0 saturated carbocycles. The van der Waals surface area contributed by atoms with Gasteiger partial charge in [0.1, 0.15) is 16.4 Å². The van der Waals surface area contributed by atoms with Crippen LogP contribution in [0.15, 0.2) is 24.3 Å². The summed E-state index contributed by atoms with van der Waals surface area (Å²) in [5.74, 6) is 4.80. The number of sulfone groups is 1. The van der Waals surface area contributed by atoms with E-state index < -0.39 is 9.84 Å². The smallest absolute Gasteiger partial charge is 0.251 e. The van der Waals surface area contributed by atoms with E-state index in [1.54, 1.807) is 24.3 Å². The summed E-state index contributed by atoms with van der Waals surface area (Å²) in [6, 6.07) is 6.51. The summed E-state index contributed by atoms with van der Waals surface area (Å²) in [4.78, 5) is 11.7. The molecule has 1 aromatic rings. The van der Waals surface area contributed by atoms with E-state index in [0.717, 1.165) is 6.26 Å². The topological polar surface area (TPSA) is 83.5 Å². The maximum Gasteiger partial charge on any atom is 0.251 e. The highest BCUT2D eigenvalue weighted by atomic mass is 32.2. The molecule has 0 bridgehead atoms. The second kappa shape index (κ2) is 6.92. The Bertz CT molecular complexity index is 594. The summed E-state index contributed by atoms with van der Waals surface area (Å²) in [6.45, 7) is -0.128. The molecule has 1 rings (SSSR count). The van der Waals surface area contributed by atoms with Crippen LogP contribution in [0.2, 0.25) is 0 Å². The van der Waals surface area contributed by atoms with Gasteiger partial charge in [-0.05, 0) is 24.3 Å². The van der Waals surface area contributed by atoms with E-state index in [-0.39, 0.29) is 24.8 Å². The molecule has 6 heteroatoms. The quantitative estimate of drug-likeness (QED) is 0.749. The van der Waals surface area contributed by atoms with E-state index in [1.165, 1.54) is 0 Å². The van der Waals surface area contributed by atoms with Crippen molar-refractivity contribution in [2.24, 2.45) is 0 Å². The fourth-order valence-corrected chi connectivity index (χ4v) is 1.77. The predicted octanol–water partition coefficient (Wildman–Crippen LogP) is -0.195. The third-order valence-electron chi connectivity index (χ3n) is 2.22. The van der Waals surface area contributed by atoms with Gasteiger partial charge in [-0.2, -0.15) is 0 Å². The van der Waals surface area contributed by atoms with E-state index in [4.69, 9.17) is 5.11 Å². The zero-order valence-electron chi connectivity index (χ0n) is 10.5. The van der Waals surface area contributed by atoms with Crippen LogP contribution >= 0.6 is 0 Å². The Morgan fingerprint density at radius 2 is 1.95 bits per heavy atom. The number of nitrogens with one attached hydrogen (secondary N) is 1. The molecule has 0 fully saturated rings. The van der Waals surface area contributed by atoms with Crippen LogP contribution in [-0.4, -0.2) is 44.6 Å². The Morgan fingerprint density at radius 1 is 1.32 bits per heavy atom. The zero-order valence-corrected chi connectivity index (χ0v) is 11.3. The van der Waals surface area contributed by atoms with Crippen LogP contribution in [0, 0.1) is 11.8 Å². The fraction of sp³-hybridized carbons (Fsp3) is 0.308. The lowest BCUT2D eigenvalue weighted by molar-refractivity contribution is 0.0956. The Labute approximate surface area is 112 Å². The van der Waals surface area contributed by atoms with Crippen molar-refractivity contribution >= 4 is 15.7 Å². The molecule has 5 nitrogen and oxygen atoms in total. The van der Waals surface area contributed by atoms with Crippen molar-refractivity contribution in [3.05, 3.63) is 35.4 Å². The van der Waals surface area contributed by atoms with Crippen molar-refractivity contribution in [1.29, 1.82) is 0 Å². The first-order valence-corrected chi connectivity index (χ1v) is 7.64. The molecule has 102 valence electrons. The number of hydrogen-bond donors (Lipinski definition) is 2. The molecule has 0 unspecified atom stereocenters. The number of carbonyl (C=O) groups excluding carboxylic acids is 1. The molecule has 0 saturated heterocycles. The molecule has 1 aromatic carbocycles. The van der Waals surface area contributed by atoms with Gasteiger partial charge in [-0.25, -0.2) is 8.42 Å². The Morgan fingerprint density at radius 3 is 2.47 bits per heavy atom. The van der Waals surface area contributed by atoms with Crippen molar-refractivity contribution in [3.8, 4) is 11.8 Å². The highest BCUT2D eigenvalue weighted by molar-refractivity contribution is 7.90. The fourth-order valence-electron chi connectivity index (χ4n) is 1.30. The molecular formula is C13H15NO4S. The molecule has 0 aliphatic heterocycles. The predicted molar refractivity (Wildman–Crippen MR) is 72.4 cm³/mol. The second-order valence-electron chi connectivity index (χ2n) is 3.92. The second-order valence-corrected chi connectivity index (χ2v) is 6.18. The Hall–Kier alpha value is -1.84. The van der Waals surface area contributed by atoms with Crippen LogP contribution in [-0.2, 0) is 9.84 Å². The number of aliphatic hydroxyl groups is 1. The molecule has 1 amide bonds. The van der Waals surface area contributed by atoms with Crippen LogP contribution in [0.4, 0.5) is 0 Å². The minimum Gasteiger partial charge on any atom is -0.384 e.